The highest BCUT2D eigenvalue weighted by atomic mass is 32.2. The highest BCUT2D eigenvalue weighted by Gasteiger charge is 2.28. The van der Waals surface area contributed by atoms with Gasteiger partial charge in [-0.05, 0) is 54.4 Å². The molecular formula is C19H22FN3O5S. The zero-order chi connectivity index (χ0) is 21.6. The van der Waals surface area contributed by atoms with Gasteiger partial charge in [0.25, 0.3) is 11.8 Å². The van der Waals surface area contributed by atoms with E-state index in [9.17, 15) is 22.4 Å². The maximum Gasteiger partial charge on any atom is 0.269 e. The first-order chi connectivity index (χ1) is 13.6. The van der Waals surface area contributed by atoms with Crippen LogP contribution >= 0.6 is 0 Å². The second-order valence-electron chi connectivity index (χ2n) is 6.47. The lowest BCUT2D eigenvalue weighted by Gasteiger charge is -2.21. The number of nitrogens with one attached hydrogen (secondary N) is 3. The molecule has 3 N–H and O–H groups in total. The molecule has 1 atom stereocenters. The molecule has 0 aliphatic carbocycles. The minimum Gasteiger partial charge on any atom is -0.497 e. The summed E-state index contributed by atoms with van der Waals surface area (Å²) in [6.07, 6.45) is 0. The van der Waals surface area contributed by atoms with E-state index in [1.165, 1.54) is 43.5 Å². The number of sulfonamides is 1. The van der Waals surface area contributed by atoms with Crippen LogP contribution in [0.4, 0.5) is 4.39 Å². The quantitative estimate of drug-likeness (QED) is 0.586. The van der Waals surface area contributed by atoms with Gasteiger partial charge >= 0.3 is 0 Å². The minimum atomic E-state index is -3.99. The zero-order valence-corrected chi connectivity index (χ0v) is 16.9. The Bertz CT molecular complexity index is 960. The Morgan fingerprint density at radius 3 is 2.07 bits per heavy atom. The molecule has 0 saturated carbocycles. The van der Waals surface area contributed by atoms with Gasteiger partial charge in [0.05, 0.1) is 12.0 Å². The number of hydrogen-bond acceptors (Lipinski definition) is 5. The van der Waals surface area contributed by atoms with Crippen LogP contribution in [0.25, 0.3) is 0 Å². The molecule has 2 rings (SSSR count). The maximum atomic E-state index is 12.9. The van der Waals surface area contributed by atoms with Crippen molar-refractivity contribution in [3.8, 4) is 5.75 Å². The molecule has 29 heavy (non-hydrogen) atoms. The molecule has 0 radical (unpaired) electrons. The average molecular weight is 423 g/mol. The summed E-state index contributed by atoms with van der Waals surface area (Å²) < 4.78 is 45.4. The monoisotopic (exact) mass is 423 g/mol. The summed E-state index contributed by atoms with van der Waals surface area (Å²) in [6.45, 7) is 3.31. The number of hydrogen-bond donors (Lipinski definition) is 3. The molecule has 156 valence electrons. The lowest BCUT2D eigenvalue weighted by Crippen LogP contribution is -2.54. The van der Waals surface area contributed by atoms with Crippen molar-refractivity contribution in [2.24, 2.45) is 5.92 Å². The van der Waals surface area contributed by atoms with Crippen LogP contribution in [-0.4, -0.2) is 33.4 Å². The van der Waals surface area contributed by atoms with E-state index in [1.807, 2.05) is 0 Å². The molecule has 10 heteroatoms. The molecule has 2 aromatic carbocycles. The summed E-state index contributed by atoms with van der Waals surface area (Å²) in [4.78, 5) is 24.4. The van der Waals surface area contributed by atoms with Crippen LogP contribution in [-0.2, 0) is 14.8 Å². The van der Waals surface area contributed by atoms with Crippen molar-refractivity contribution in [2.75, 3.05) is 7.11 Å². The third-order valence-corrected chi connectivity index (χ3v) is 5.46. The molecule has 0 fully saturated rings. The van der Waals surface area contributed by atoms with Crippen molar-refractivity contribution in [1.29, 1.82) is 0 Å². The highest BCUT2D eigenvalue weighted by molar-refractivity contribution is 7.89. The smallest absolute Gasteiger partial charge is 0.269 e. The zero-order valence-electron chi connectivity index (χ0n) is 16.1. The van der Waals surface area contributed by atoms with Gasteiger partial charge in [-0.15, -0.1) is 0 Å². The van der Waals surface area contributed by atoms with E-state index in [0.29, 0.717) is 5.75 Å². The summed E-state index contributed by atoms with van der Waals surface area (Å²) in [5.74, 6) is -1.83. The van der Waals surface area contributed by atoms with Gasteiger partial charge in [0.2, 0.25) is 10.0 Å². The Morgan fingerprint density at radius 1 is 0.966 bits per heavy atom. The summed E-state index contributed by atoms with van der Waals surface area (Å²) >= 11 is 0. The van der Waals surface area contributed by atoms with E-state index >= 15 is 0 Å². The standard InChI is InChI=1S/C19H22FN3O5S/c1-12(2)17(23-29(26,27)16-10-8-15(28-3)9-11-16)19(25)22-21-18(24)13-4-6-14(20)7-5-13/h4-12,17,23H,1-3H3,(H,21,24)(H,22,25)/t17-/m0/s1. The number of amides is 2. The second-order valence-corrected chi connectivity index (χ2v) is 8.18. The Labute approximate surface area is 168 Å². The van der Waals surface area contributed by atoms with Gasteiger partial charge < -0.3 is 4.74 Å². The maximum absolute atomic E-state index is 12.9. The molecule has 8 nitrogen and oxygen atoms in total. The van der Waals surface area contributed by atoms with Gasteiger partial charge in [0.15, 0.2) is 0 Å². The number of rotatable bonds is 7. The van der Waals surface area contributed by atoms with Crippen LogP contribution in [0.2, 0.25) is 0 Å². The van der Waals surface area contributed by atoms with Gasteiger partial charge in [-0.3, -0.25) is 20.4 Å². The first kappa shape index (κ1) is 22.3. The fourth-order valence-electron chi connectivity index (χ4n) is 2.35. The Balaban J connectivity index is 2.06. The predicted molar refractivity (Wildman–Crippen MR) is 104 cm³/mol. The molecule has 0 heterocycles. The van der Waals surface area contributed by atoms with E-state index in [1.54, 1.807) is 13.8 Å². The Hall–Kier alpha value is -2.98. The molecule has 0 unspecified atom stereocenters. The van der Waals surface area contributed by atoms with Crippen molar-refractivity contribution in [3.05, 3.63) is 59.9 Å². The average Bonchev–Trinajstić information content (AvgIpc) is 2.70. The Kier molecular flexibility index (Phi) is 7.29. The normalized spacial score (nSPS) is 12.3. The van der Waals surface area contributed by atoms with Crippen molar-refractivity contribution in [1.82, 2.24) is 15.6 Å². The third-order valence-electron chi connectivity index (χ3n) is 4.01. The van der Waals surface area contributed by atoms with Gasteiger partial charge in [0.1, 0.15) is 17.6 Å². The van der Waals surface area contributed by atoms with E-state index in [2.05, 4.69) is 15.6 Å². The van der Waals surface area contributed by atoms with Crippen molar-refractivity contribution < 1.29 is 27.1 Å². The van der Waals surface area contributed by atoms with Crippen molar-refractivity contribution >= 4 is 21.8 Å². The van der Waals surface area contributed by atoms with Crippen molar-refractivity contribution in [2.45, 2.75) is 24.8 Å². The van der Waals surface area contributed by atoms with Crippen LogP contribution in [0.5, 0.6) is 5.75 Å². The number of halogens is 1. The number of benzene rings is 2. The SMILES string of the molecule is COc1ccc(S(=O)(=O)N[C@H](C(=O)NNC(=O)c2ccc(F)cc2)C(C)C)cc1. The van der Waals surface area contributed by atoms with E-state index in [4.69, 9.17) is 4.74 Å². The molecule has 0 saturated heterocycles. The van der Waals surface area contributed by atoms with Crippen molar-refractivity contribution in [3.63, 3.8) is 0 Å². The molecule has 2 amide bonds. The number of hydrazine groups is 1. The minimum absolute atomic E-state index is 0.0351. The number of carbonyl (C=O) groups excluding carboxylic acids is 2. The topological polar surface area (TPSA) is 114 Å². The molecule has 0 bridgehead atoms. The molecule has 0 spiro atoms. The van der Waals surface area contributed by atoms with E-state index in [0.717, 1.165) is 12.1 Å². The molecular weight excluding hydrogens is 401 g/mol. The van der Waals surface area contributed by atoms with E-state index in [-0.39, 0.29) is 10.5 Å². The lowest BCUT2D eigenvalue weighted by atomic mass is 10.1. The van der Waals surface area contributed by atoms with Gasteiger partial charge in [0, 0.05) is 5.56 Å². The van der Waals surface area contributed by atoms with Crippen LogP contribution in [0.15, 0.2) is 53.4 Å². The predicted octanol–water partition coefficient (Wildman–Crippen LogP) is 1.60. The van der Waals surface area contributed by atoms with Crippen LogP contribution in [0.1, 0.15) is 24.2 Å². The fraction of sp³-hybridized carbons (Fsp3) is 0.263. The Morgan fingerprint density at radius 2 is 1.55 bits per heavy atom. The molecule has 0 aromatic heterocycles. The summed E-state index contributed by atoms with van der Waals surface area (Å²) in [5.41, 5.74) is 4.50. The third kappa shape index (κ3) is 6.00. The molecule has 2 aromatic rings. The van der Waals surface area contributed by atoms with Gasteiger partial charge in [-0.25, -0.2) is 12.8 Å². The highest BCUT2D eigenvalue weighted by Crippen LogP contribution is 2.16. The largest absolute Gasteiger partial charge is 0.497 e. The summed E-state index contributed by atoms with van der Waals surface area (Å²) in [6, 6.07) is 9.26. The number of carbonyl (C=O) groups is 2. The van der Waals surface area contributed by atoms with Crippen LogP contribution < -0.4 is 20.3 Å². The first-order valence-corrected chi connectivity index (χ1v) is 10.1. The molecule has 0 aliphatic heterocycles. The van der Waals surface area contributed by atoms with Gasteiger partial charge in [-0.1, -0.05) is 13.8 Å². The van der Waals surface area contributed by atoms with E-state index < -0.39 is 39.6 Å². The lowest BCUT2D eigenvalue weighted by molar-refractivity contribution is -0.124. The van der Waals surface area contributed by atoms with Gasteiger partial charge in [-0.2, -0.15) is 4.72 Å². The summed E-state index contributed by atoms with van der Waals surface area (Å²) in [5, 5.41) is 0. The second kappa shape index (κ2) is 9.48. The summed E-state index contributed by atoms with van der Waals surface area (Å²) in [7, 11) is -2.53. The van der Waals surface area contributed by atoms with Crippen LogP contribution in [0, 0.1) is 11.7 Å². The van der Waals surface area contributed by atoms with Crippen LogP contribution in [0.3, 0.4) is 0 Å². The first-order valence-electron chi connectivity index (χ1n) is 8.66. The fourth-order valence-corrected chi connectivity index (χ4v) is 3.70. The number of methoxy groups -OCH3 is 1. The molecule has 0 aliphatic rings. The number of ether oxygens (including phenoxy) is 1.